The van der Waals surface area contributed by atoms with E-state index in [1.165, 1.54) is 7.11 Å². The highest BCUT2D eigenvalue weighted by atomic mass is 35.5. The lowest BCUT2D eigenvalue weighted by Crippen LogP contribution is -2.21. The molecule has 0 saturated carbocycles. The van der Waals surface area contributed by atoms with Crippen molar-refractivity contribution >= 4 is 40.5 Å². The molecule has 1 aromatic heterocycles. The fourth-order valence-electron chi connectivity index (χ4n) is 1.84. The van der Waals surface area contributed by atoms with Gasteiger partial charge in [0.15, 0.2) is 6.61 Å². The van der Waals surface area contributed by atoms with E-state index in [0.717, 1.165) is 4.88 Å². The highest BCUT2D eigenvalue weighted by molar-refractivity contribution is 7.09. The van der Waals surface area contributed by atoms with Gasteiger partial charge in [-0.15, -0.1) is 11.3 Å². The maximum Gasteiger partial charge on any atom is 0.306 e. The van der Waals surface area contributed by atoms with E-state index in [1.54, 1.807) is 29.5 Å². The van der Waals surface area contributed by atoms with E-state index in [0.29, 0.717) is 22.9 Å². The Labute approximate surface area is 143 Å². The molecule has 0 unspecified atom stereocenters. The van der Waals surface area contributed by atoms with Crippen LogP contribution in [0.4, 0.5) is 5.69 Å². The largest absolute Gasteiger partial charge is 0.495 e. The Bertz CT molecular complexity index is 673. The molecule has 0 aliphatic heterocycles. The third-order valence-corrected chi connectivity index (χ3v) is 4.19. The predicted octanol–water partition coefficient (Wildman–Crippen LogP) is 3.52. The minimum Gasteiger partial charge on any atom is -0.495 e. The van der Waals surface area contributed by atoms with Crippen LogP contribution in [0.1, 0.15) is 11.3 Å². The van der Waals surface area contributed by atoms with Crippen LogP contribution in [-0.4, -0.2) is 25.6 Å². The molecule has 2 rings (SSSR count). The third kappa shape index (κ3) is 5.58. The summed E-state index contributed by atoms with van der Waals surface area (Å²) in [5.41, 5.74) is 0.510. The van der Waals surface area contributed by atoms with Crippen molar-refractivity contribution in [3.05, 3.63) is 45.6 Å². The van der Waals surface area contributed by atoms with Crippen molar-refractivity contribution in [3.8, 4) is 5.75 Å². The van der Waals surface area contributed by atoms with Gasteiger partial charge in [0.25, 0.3) is 5.91 Å². The molecule has 0 aliphatic rings. The van der Waals surface area contributed by atoms with Crippen LogP contribution in [0.25, 0.3) is 0 Å². The lowest BCUT2D eigenvalue weighted by atomic mass is 10.3. The first-order valence-electron chi connectivity index (χ1n) is 6.90. The van der Waals surface area contributed by atoms with Gasteiger partial charge in [0, 0.05) is 10.6 Å². The summed E-state index contributed by atoms with van der Waals surface area (Å²) in [4.78, 5) is 24.5. The van der Waals surface area contributed by atoms with E-state index in [2.05, 4.69) is 5.32 Å². The van der Waals surface area contributed by atoms with Crippen molar-refractivity contribution in [1.82, 2.24) is 0 Å². The number of nitrogens with one attached hydrogen (secondary N) is 1. The van der Waals surface area contributed by atoms with Crippen molar-refractivity contribution in [2.24, 2.45) is 0 Å². The van der Waals surface area contributed by atoms with Crippen LogP contribution < -0.4 is 10.1 Å². The molecule has 23 heavy (non-hydrogen) atoms. The number of aryl methyl sites for hydroxylation is 1. The van der Waals surface area contributed by atoms with Crippen LogP contribution in [0.15, 0.2) is 35.7 Å². The number of benzene rings is 1. The molecule has 1 N–H and O–H groups in total. The summed E-state index contributed by atoms with van der Waals surface area (Å²) < 4.78 is 9.97. The number of thiophene rings is 1. The van der Waals surface area contributed by atoms with Crippen molar-refractivity contribution in [2.45, 2.75) is 12.8 Å². The summed E-state index contributed by atoms with van der Waals surface area (Å²) in [5.74, 6) is -0.304. The second kappa shape index (κ2) is 8.55. The topological polar surface area (TPSA) is 64.6 Å². The lowest BCUT2D eigenvalue weighted by molar-refractivity contribution is -0.147. The summed E-state index contributed by atoms with van der Waals surface area (Å²) in [7, 11) is 1.51. The number of ether oxygens (including phenoxy) is 2. The highest BCUT2D eigenvalue weighted by Crippen LogP contribution is 2.27. The minimum atomic E-state index is -0.421. The maximum atomic E-state index is 11.8. The van der Waals surface area contributed by atoms with Crippen LogP contribution in [-0.2, 0) is 20.7 Å². The van der Waals surface area contributed by atoms with E-state index in [4.69, 9.17) is 21.1 Å². The molecule has 7 heteroatoms. The smallest absolute Gasteiger partial charge is 0.306 e. The number of esters is 1. The summed E-state index contributed by atoms with van der Waals surface area (Å²) in [6.07, 6.45) is 0.869. The Kier molecular flexibility index (Phi) is 6.43. The van der Waals surface area contributed by atoms with Crippen molar-refractivity contribution in [1.29, 1.82) is 0 Å². The lowest BCUT2D eigenvalue weighted by Gasteiger charge is -2.08. The average molecular weight is 354 g/mol. The van der Waals surface area contributed by atoms with Gasteiger partial charge in [-0.1, -0.05) is 17.7 Å². The molecule has 122 valence electrons. The second-order valence-corrected chi connectivity index (χ2v) is 6.08. The molecule has 1 aromatic carbocycles. The molecule has 0 radical (unpaired) electrons. The molecular weight excluding hydrogens is 338 g/mol. The fraction of sp³-hybridized carbons (Fsp3) is 0.250. The van der Waals surface area contributed by atoms with E-state index >= 15 is 0 Å². The predicted molar refractivity (Wildman–Crippen MR) is 90.2 cm³/mol. The quantitative estimate of drug-likeness (QED) is 0.773. The van der Waals surface area contributed by atoms with Crippen LogP contribution in [0.5, 0.6) is 5.75 Å². The number of anilines is 1. The number of hydrogen-bond donors (Lipinski definition) is 1. The van der Waals surface area contributed by atoms with Gasteiger partial charge < -0.3 is 14.8 Å². The second-order valence-electron chi connectivity index (χ2n) is 4.64. The average Bonchev–Trinajstić information content (AvgIpc) is 3.04. The van der Waals surface area contributed by atoms with Gasteiger partial charge >= 0.3 is 5.97 Å². The van der Waals surface area contributed by atoms with E-state index in [-0.39, 0.29) is 13.0 Å². The number of amides is 1. The van der Waals surface area contributed by atoms with E-state index in [9.17, 15) is 9.59 Å². The van der Waals surface area contributed by atoms with Gasteiger partial charge in [0.1, 0.15) is 5.75 Å². The molecule has 1 amide bonds. The molecule has 0 atom stereocenters. The first kappa shape index (κ1) is 17.3. The Morgan fingerprint density at radius 2 is 2.13 bits per heavy atom. The Hall–Kier alpha value is -2.05. The van der Waals surface area contributed by atoms with Gasteiger partial charge in [-0.2, -0.15) is 0 Å². The number of carbonyl (C=O) groups is 2. The number of halogens is 1. The number of hydrogen-bond acceptors (Lipinski definition) is 5. The molecule has 2 aromatic rings. The molecule has 5 nitrogen and oxygen atoms in total. The first-order valence-corrected chi connectivity index (χ1v) is 8.15. The highest BCUT2D eigenvalue weighted by Gasteiger charge is 2.10. The molecule has 1 heterocycles. The summed E-state index contributed by atoms with van der Waals surface area (Å²) in [6, 6.07) is 8.75. The van der Waals surface area contributed by atoms with E-state index in [1.807, 2.05) is 17.5 Å². The van der Waals surface area contributed by atoms with Gasteiger partial charge in [0.2, 0.25) is 0 Å². The molecule has 0 bridgehead atoms. The summed E-state index contributed by atoms with van der Waals surface area (Å²) >= 11 is 7.56. The molecule has 0 fully saturated rings. The number of methoxy groups -OCH3 is 1. The zero-order valence-corrected chi connectivity index (χ0v) is 14.1. The van der Waals surface area contributed by atoms with Gasteiger partial charge in [0.05, 0.1) is 18.6 Å². The van der Waals surface area contributed by atoms with Crippen LogP contribution in [0, 0.1) is 0 Å². The molecular formula is C16H16ClNO4S. The minimum absolute atomic E-state index is 0.252. The molecule has 0 spiro atoms. The van der Waals surface area contributed by atoms with Crippen LogP contribution in [0.2, 0.25) is 5.02 Å². The Morgan fingerprint density at radius 3 is 2.78 bits per heavy atom. The zero-order chi connectivity index (χ0) is 16.7. The summed E-state index contributed by atoms with van der Waals surface area (Å²) in [5, 5.41) is 4.94. The normalized spacial score (nSPS) is 10.2. The third-order valence-electron chi connectivity index (χ3n) is 2.96. The van der Waals surface area contributed by atoms with Gasteiger partial charge in [-0.25, -0.2) is 0 Å². The standard InChI is InChI=1S/C16H16ClNO4S/c1-21-14-6-4-11(9-13(14)17)18-15(19)10-22-16(20)7-5-12-3-2-8-23-12/h2-4,6,8-9H,5,7,10H2,1H3,(H,18,19). The summed E-state index contributed by atoms with van der Waals surface area (Å²) in [6.45, 7) is -0.326. The van der Waals surface area contributed by atoms with E-state index < -0.39 is 11.9 Å². The van der Waals surface area contributed by atoms with Gasteiger partial charge in [-0.3, -0.25) is 9.59 Å². The van der Waals surface area contributed by atoms with Crippen molar-refractivity contribution in [3.63, 3.8) is 0 Å². The number of rotatable bonds is 7. The van der Waals surface area contributed by atoms with Crippen molar-refractivity contribution in [2.75, 3.05) is 19.0 Å². The fourth-order valence-corrected chi connectivity index (χ4v) is 2.81. The van der Waals surface area contributed by atoms with Crippen molar-refractivity contribution < 1.29 is 19.1 Å². The maximum absolute atomic E-state index is 11.8. The zero-order valence-electron chi connectivity index (χ0n) is 12.5. The van der Waals surface area contributed by atoms with Crippen LogP contribution >= 0.6 is 22.9 Å². The SMILES string of the molecule is COc1ccc(NC(=O)COC(=O)CCc2cccs2)cc1Cl. The monoisotopic (exact) mass is 353 g/mol. The molecule has 0 aliphatic carbocycles. The van der Waals surface area contributed by atoms with Gasteiger partial charge in [-0.05, 0) is 36.1 Å². The Morgan fingerprint density at radius 1 is 1.30 bits per heavy atom. The molecule has 0 saturated heterocycles. The first-order chi connectivity index (χ1) is 11.1. The Balaban J connectivity index is 1.74. The van der Waals surface area contributed by atoms with Crippen LogP contribution in [0.3, 0.4) is 0 Å². The number of carbonyl (C=O) groups excluding carboxylic acids is 2.